The van der Waals surface area contributed by atoms with Gasteiger partial charge in [0.15, 0.2) is 0 Å². The molecule has 1 atom stereocenters. The van der Waals surface area contributed by atoms with E-state index in [1.54, 1.807) is 6.92 Å². The summed E-state index contributed by atoms with van der Waals surface area (Å²) in [5.41, 5.74) is 0.597. The first-order valence-corrected chi connectivity index (χ1v) is 6.40. The molecule has 88 valence electrons. The molecule has 0 heterocycles. The monoisotopic (exact) mass is 245 g/mol. The molecular weight excluding hydrogens is 233 g/mol. The van der Waals surface area contributed by atoms with Crippen molar-refractivity contribution in [3.63, 3.8) is 0 Å². The molecule has 0 aliphatic carbocycles. The third-order valence-electron chi connectivity index (χ3n) is 1.98. The first-order valence-electron chi connectivity index (χ1n) is 4.64. The topological polar surface area (TPSA) is 89.7 Å². The zero-order valence-corrected chi connectivity index (χ0v) is 9.59. The molecule has 1 N–H and O–H groups in total. The van der Waals surface area contributed by atoms with Gasteiger partial charge in [-0.1, -0.05) is 6.92 Å². The van der Waals surface area contributed by atoms with Crippen molar-refractivity contribution in [1.82, 2.24) is 0 Å². The number of nitrogens with zero attached hydrogens (tertiary/aromatic N) is 1. The second kappa shape index (κ2) is 5.21. The molecule has 0 aliphatic rings. The molecule has 0 amide bonds. The van der Waals surface area contributed by atoms with E-state index in [1.165, 1.54) is 24.3 Å². The summed E-state index contributed by atoms with van der Waals surface area (Å²) < 4.78 is 16.0. The van der Waals surface area contributed by atoms with Crippen molar-refractivity contribution in [1.29, 1.82) is 0 Å². The number of nitro benzene ring substituents is 1. The van der Waals surface area contributed by atoms with Gasteiger partial charge in [-0.3, -0.25) is 14.7 Å². The largest absolute Gasteiger partial charge is 0.328 e. The smallest absolute Gasteiger partial charge is 0.324 e. The summed E-state index contributed by atoms with van der Waals surface area (Å²) in [7, 11) is -3.50. The number of hydrogen-bond acceptors (Lipinski definition) is 4. The molecule has 16 heavy (non-hydrogen) atoms. The second-order valence-corrected chi connectivity index (χ2v) is 5.32. The van der Waals surface area contributed by atoms with Crippen LogP contribution in [-0.4, -0.2) is 16.0 Å². The van der Waals surface area contributed by atoms with Gasteiger partial charge in [0.25, 0.3) is 5.69 Å². The summed E-state index contributed by atoms with van der Waals surface area (Å²) >= 11 is 0. The van der Waals surface area contributed by atoms with Crippen LogP contribution in [0.1, 0.15) is 12.5 Å². The van der Waals surface area contributed by atoms with Crippen LogP contribution in [0.4, 0.5) is 5.69 Å². The standard InChI is InChI=1S/C9H12NO5P/c1-2-16(13,14)15-7-8-3-5-9(6-4-8)10(11)12/h3-6H,2,7H2,1H3,(H,13,14). The molecule has 0 saturated carbocycles. The van der Waals surface area contributed by atoms with Gasteiger partial charge in [-0.2, -0.15) is 0 Å². The summed E-state index contributed by atoms with van der Waals surface area (Å²) in [6.45, 7) is 1.52. The van der Waals surface area contributed by atoms with Gasteiger partial charge in [-0.25, -0.2) is 0 Å². The third-order valence-corrected chi connectivity index (χ3v) is 3.31. The zero-order valence-electron chi connectivity index (χ0n) is 8.70. The number of nitro groups is 1. The number of benzene rings is 1. The maximum Gasteiger partial charge on any atom is 0.328 e. The SMILES string of the molecule is CCP(=O)(O)OCc1ccc([N+](=O)[O-])cc1. The van der Waals surface area contributed by atoms with Crippen LogP contribution in [0.5, 0.6) is 0 Å². The maximum absolute atomic E-state index is 11.2. The molecule has 0 aromatic heterocycles. The average Bonchev–Trinajstić information content (AvgIpc) is 2.27. The van der Waals surface area contributed by atoms with Crippen molar-refractivity contribution in [2.45, 2.75) is 13.5 Å². The van der Waals surface area contributed by atoms with Crippen LogP contribution in [0.3, 0.4) is 0 Å². The Labute approximate surface area is 92.5 Å². The van der Waals surface area contributed by atoms with E-state index in [2.05, 4.69) is 0 Å². The zero-order chi connectivity index (χ0) is 12.2. The molecule has 7 heteroatoms. The van der Waals surface area contributed by atoms with Gasteiger partial charge in [0.2, 0.25) is 0 Å². The predicted octanol–water partition coefficient (Wildman–Crippen LogP) is 2.32. The lowest BCUT2D eigenvalue weighted by Crippen LogP contribution is -1.94. The highest BCUT2D eigenvalue weighted by molar-refractivity contribution is 7.52. The fourth-order valence-corrected chi connectivity index (χ4v) is 1.51. The quantitative estimate of drug-likeness (QED) is 0.488. The van der Waals surface area contributed by atoms with E-state index in [1.807, 2.05) is 0 Å². The molecule has 0 bridgehead atoms. The number of non-ortho nitro benzene ring substituents is 1. The average molecular weight is 245 g/mol. The summed E-state index contributed by atoms with van der Waals surface area (Å²) in [6, 6.07) is 5.64. The molecule has 0 radical (unpaired) electrons. The minimum Gasteiger partial charge on any atom is -0.324 e. The van der Waals surface area contributed by atoms with E-state index >= 15 is 0 Å². The van der Waals surface area contributed by atoms with Crippen molar-refractivity contribution < 1.29 is 18.9 Å². The van der Waals surface area contributed by atoms with Crippen LogP contribution in [0.15, 0.2) is 24.3 Å². The van der Waals surface area contributed by atoms with Crippen LogP contribution < -0.4 is 0 Å². The lowest BCUT2D eigenvalue weighted by atomic mass is 10.2. The highest BCUT2D eigenvalue weighted by Crippen LogP contribution is 2.41. The summed E-state index contributed by atoms with van der Waals surface area (Å²) in [4.78, 5) is 19.0. The maximum atomic E-state index is 11.2. The molecule has 6 nitrogen and oxygen atoms in total. The van der Waals surface area contributed by atoms with Crippen molar-refractivity contribution in [2.24, 2.45) is 0 Å². The molecule has 1 aromatic carbocycles. The van der Waals surface area contributed by atoms with Crippen LogP contribution in [-0.2, 0) is 15.7 Å². The lowest BCUT2D eigenvalue weighted by Gasteiger charge is -2.09. The van der Waals surface area contributed by atoms with Crippen LogP contribution in [0.25, 0.3) is 0 Å². The lowest BCUT2D eigenvalue weighted by molar-refractivity contribution is -0.384. The van der Waals surface area contributed by atoms with Gasteiger partial charge in [0.05, 0.1) is 11.5 Å². The van der Waals surface area contributed by atoms with E-state index in [0.717, 1.165) is 0 Å². The Hall–Kier alpha value is -1.23. The van der Waals surface area contributed by atoms with Gasteiger partial charge in [0, 0.05) is 18.3 Å². The fraction of sp³-hybridized carbons (Fsp3) is 0.333. The predicted molar refractivity (Wildman–Crippen MR) is 58.3 cm³/mol. The molecule has 0 aliphatic heterocycles. The first-order chi connectivity index (χ1) is 7.44. The van der Waals surface area contributed by atoms with Gasteiger partial charge < -0.3 is 9.42 Å². The van der Waals surface area contributed by atoms with E-state index in [4.69, 9.17) is 9.42 Å². The van der Waals surface area contributed by atoms with E-state index < -0.39 is 12.5 Å². The number of hydrogen-bond donors (Lipinski definition) is 1. The Kier molecular flexibility index (Phi) is 4.18. The minimum atomic E-state index is -3.50. The van der Waals surface area contributed by atoms with E-state index in [9.17, 15) is 14.7 Å². The van der Waals surface area contributed by atoms with Gasteiger partial charge in [0.1, 0.15) is 0 Å². The highest BCUT2D eigenvalue weighted by atomic mass is 31.2. The Morgan fingerprint density at radius 1 is 1.44 bits per heavy atom. The van der Waals surface area contributed by atoms with Crippen LogP contribution in [0.2, 0.25) is 0 Å². The van der Waals surface area contributed by atoms with Crippen molar-refractivity contribution in [2.75, 3.05) is 6.16 Å². The molecular formula is C9H12NO5P. The Balaban J connectivity index is 2.63. The Bertz CT molecular complexity index is 416. The highest BCUT2D eigenvalue weighted by Gasteiger charge is 2.15. The number of rotatable bonds is 5. The fourth-order valence-electron chi connectivity index (χ4n) is 0.981. The molecule has 1 aromatic rings. The molecule has 0 fully saturated rings. The molecule has 1 unspecified atom stereocenters. The Morgan fingerprint density at radius 2 is 2.00 bits per heavy atom. The summed E-state index contributed by atoms with van der Waals surface area (Å²) in [5, 5.41) is 10.4. The molecule has 0 saturated heterocycles. The van der Waals surface area contributed by atoms with Gasteiger partial charge >= 0.3 is 7.60 Å². The van der Waals surface area contributed by atoms with E-state index in [0.29, 0.717) is 5.56 Å². The van der Waals surface area contributed by atoms with Crippen molar-refractivity contribution >= 4 is 13.3 Å². The summed E-state index contributed by atoms with van der Waals surface area (Å²) in [6.07, 6.45) is 0.0416. The van der Waals surface area contributed by atoms with Crippen LogP contribution >= 0.6 is 7.60 Å². The molecule has 1 rings (SSSR count). The normalized spacial score (nSPS) is 14.4. The Morgan fingerprint density at radius 3 is 2.44 bits per heavy atom. The first kappa shape index (κ1) is 12.8. The van der Waals surface area contributed by atoms with Crippen molar-refractivity contribution in [3.05, 3.63) is 39.9 Å². The minimum absolute atomic E-state index is 0.0218. The summed E-state index contributed by atoms with van der Waals surface area (Å²) in [5.74, 6) is 0. The second-order valence-electron chi connectivity index (χ2n) is 3.15. The van der Waals surface area contributed by atoms with Gasteiger partial charge in [-0.05, 0) is 17.7 Å². The van der Waals surface area contributed by atoms with E-state index in [-0.39, 0.29) is 18.5 Å². The van der Waals surface area contributed by atoms with Gasteiger partial charge in [-0.15, -0.1) is 0 Å². The molecule has 0 spiro atoms. The third kappa shape index (κ3) is 3.73. The van der Waals surface area contributed by atoms with Crippen LogP contribution in [0, 0.1) is 10.1 Å². The van der Waals surface area contributed by atoms with Crippen molar-refractivity contribution in [3.8, 4) is 0 Å².